The van der Waals surface area contributed by atoms with Gasteiger partial charge in [0, 0.05) is 13.1 Å². The molecule has 148 valence electrons. The summed E-state index contributed by atoms with van der Waals surface area (Å²) in [5.41, 5.74) is 2.22. The number of aryl methyl sites for hydroxylation is 1. The zero-order valence-electron chi connectivity index (χ0n) is 16.5. The number of para-hydroxylation sites is 1. The minimum absolute atomic E-state index is 0.294. The topological polar surface area (TPSA) is 36.4 Å². The fourth-order valence-electron chi connectivity index (χ4n) is 4.23. The third kappa shape index (κ3) is 4.85. The Morgan fingerprint density at radius 2 is 1.71 bits per heavy atom. The Balaban J connectivity index is 1.15. The number of hydrogen-bond acceptors (Lipinski definition) is 4. The maximum atomic E-state index is 9.97. The summed E-state index contributed by atoms with van der Waals surface area (Å²) in [4.78, 5) is 7.08. The molecule has 1 aliphatic rings. The molecule has 1 aliphatic heterocycles. The summed E-state index contributed by atoms with van der Waals surface area (Å²) in [6.45, 7) is 2.19. The average molecular weight is 395 g/mol. The molecule has 0 spiro atoms. The third-order valence-corrected chi connectivity index (χ3v) is 7.02. The van der Waals surface area contributed by atoms with Crippen molar-refractivity contribution in [1.29, 1.82) is 0 Å². The van der Waals surface area contributed by atoms with Crippen molar-refractivity contribution in [2.24, 2.45) is 5.92 Å². The lowest BCUT2D eigenvalue weighted by molar-refractivity contribution is 0.366. The minimum Gasteiger partial charge on any atom is -0.506 e. The van der Waals surface area contributed by atoms with Gasteiger partial charge in [0.05, 0.1) is 4.70 Å². The van der Waals surface area contributed by atoms with E-state index in [1.807, 2.05) is 12.1 Å². The minimum atomic E-state index is 0.294. The highest BCUT2D eigenvalue weighted by atomic mass is 32.1. The van der Waals surface area contributed by atoms with E-state index in [0.29, 0.717) is 5.75 Å². The van der Waals surface area contributed by atoms with E-state index in [9.17, 15) is 5.11 Å². The summed E-state index contributed by atoms with van der Waals surface area (Å²) >= 11 is 1.70. The molecule has 4 heteroatoms. The van der Waals surface area contributed by atoms with Crippen LogP contribution in [0.1, 0.15) is 50.5 Å². The van der Waals surface area contributed by atoms with Crippen molar-refractivity contribution in [2.75, 3.05) is 18.0 Å². The van der Waals surface area contributed by atoms with Crippen molar-refractivity contribution in [3.05, 3.63) is 54.1 Å². The van der Waals surface area contributed by atoms with E-state index >= 15 is 0 Å². The summed E-state index contributed by atoms with van der Waals surface area (Å²) in [5.74, 6) is 1.16. The van der Waals surface area contributed by atoms with Crippen LogP contribution in [0.5, 0.6) is 5.75 Å². The number of fused-ring (bicyclic) bond motifs is 1. The summed E-state index contributed by atoms with van der Waals surface area (Å²) in [6.07, 6.45) is 10.5. The molecule has 0 aliphatic carbocycles. The van der Waals surface area contributed by atoms with Crippen LogP contribution < -0.4 is 4.90 Å². The SMILES string of the molecule is Oc1cccc2sc(N3CCC(CCCCCCc4ccccc4)CC3)nc12. The zero-order chi connectivity index (χ0) is 19.2. The molecule has 1 N–H and O–H groups in total. The number of benzene rings is 2. The molecule has 2 heterocycles. The van der Waals surface area contributed by atoms with Gasteiger partial charge in [-0.15, -0.1) is 0 Å². The van der Waals surface area contributed by atoms with Crippen LogP contribution >= 0.6 is 11.3 Å². The number of thiazole rings is 1. The van der Waals surface area contributed by atoms with Crippen molar-refractivity contribution in [1.82, 2.24) is 4.98 Å². The van der Waals surface area contributed by atoms with Gasteiger partial charge in [-0.2, -0.15) is 0 Å². The predicted octanol–water partition coefficient (Wildman–Crippen LogP) is 6.41. The van der Waals surface area contributed by atoms with E-state index in [-0.39, 0.29) is 0 Å². The highest BCUT2D eigenvalue weighted by Crippen LogP contribution is 2.35. The van der Waals surface area contributed by atoms with Crippen LogP contribution in [0.4, 0.5) is 5.13 Å². The van der Waals surface area contributed by atoms with Crippen LogP contribution in [-0.4, -0.2) is 23.2 Å². The molecule has 1 fully saturated rings. The molecule has 1 saturated heterocycles. The van der Waals surface area contributed by atoms with Crippen LogP contribution in [-0.2, 0) is 6.42 Å². The van der Waals surface area contributed by atoms with Gasteiger partial charge in [-0.05, 0) is 49.3 Å². The summed E-state index contributed by atoms with van der Waals surface area (Å²) in [7, 11) is 0. The monoisotopic (exact) mass is 394 g/mol. The maximum absolute atomic E-state index is 9.97. The highest BCUT2D eigenvalue weighted by molar-refractivity contribution is 7.22. The fourth-order valence-corrected chi connectivity index (χ4v) is 5.27. The molecule has 0 radical (unpaired) electrons. The number of hydrogen-bond donors (Lipinski definition) is 1. The number of anilines is 1. The zero-order valence-corrected chi connectivity index (χ0v) is 17.3. The number of piperidine rings is 1. The number of phenolic OH excluding ortho intramolecular Hbond substituents is 1. The Bertz CT molecular complexity index is 869. The summed E-state index contributed by atoms with van der Waals surface area (Å²) in [5, 5.41) is 11.0. The summed E-state index contributed by atoms with van der Waals surface area (Å²) in [6, 6.07) is 16.5. The van der Waals surface area contributed by atoms with E-state index in [1.54, 1.807) is 17.4 Å². The molecule has 3 aromatic rings. The lowest BCUT2D eigenvalue weighted by Crippen LogP contribution is -2.33. The van der Waals surface area contributed by atoms with Crippen molar-refractivity contribution in [3.63, 3.8) is 0 Å². The van der Waals surface area contributed by atoms with Crippen molar-refractivity contribution >= 4 is 26.7 Å². The first-order valence-electron chi connectivity index (χ1n) is 10.7. The molecule has 1 aromatic heterocycles. The smallest absolute Gasteiger partial charge is 0.186 e. The van der Waals surface area contributed by atoms with E-state index < -0.39 is 0 Å². The molecule has 28 heavy (non-hydrogen) atoms. The maximum Gasteiger partial charge on any atom is 0.186 e. The average Bonchev–Trinajstić information content (AvgIpc) is 3.18. The number of aromatic nitrogens is 1. The third-order valence-electron chi connectivity index (χ3n) is 5.94. The van der Waals surface area contributed by atoms with Gasteiger partial charge in [-0.1, -0.05) is 73.4 Å². The standard InChI is InChI=1S/C24H30N2OS/c27-21-13-8-14-22-23(21)25-24(28-22)26-17-15-20(16-18-26)12-5-2-1-4-9-19-10-6-3-7-11-19/h3,6-8,10-11,13-14,20,27H,1-2,4-5,9,12,15-18H2. The predicted molar refractivity (Wildman–Crippen MR) is 119 cm³/mol. The van der Waals surface area contributed by atoms with Gasteiger partial charge in [0.2, 0.25) is 0 Å². The van der Waals surface area contributed by atoms with Crippen LogP contribution in [0.2, 0.25) is 0 Å². The first-order valence-corrected chi connectivity index (χ1v) is 11.5. The van der Waals surface area contributed by atoms with Crippen LogP contribution in [0.3, 0.4) is 0 Å². The van der Waals surface area contributed by atoms with E-state index in [2.05, 4.69) is 40.2 Å². The second-order valence-corrected chi connectivity index (χ2v) is 9.00. The van der Waals surface area contributed by atoms with Gasteiger partial charge in [-0.3, -0.25) is 0 Å². The number of phenols is 1. The Labute approximate surface area is 172 Å². The Morgan fingerprint density at radius 3 is 2.50 bits per heavy atom. The fraction of sp³-hybridized carbons (Fsp3) is 0.458. The lowest BCUT2D eigenvalue weighted by atomic mass is 9.91. The van der Waals surface area contributed by atoms with E-state index in [1.165, 1.54) is 56.9 Å². The molecule has 3 nitrogen and oxygen atoms in total. The molecule has 0 amide bonds. The Kier molecular flexibility index (Phi) is 6.48. The molecule has 0 saturated carbocycles. The highest BCUT2D eigenvalue weighted by Gasteiger charge is 2.21. The van der Waals surface area contributed by atoms with Crippen LogP contribution in [0.25, 0.3) is 10.2 Å². The van der Waals surface area contributed by atoms with Crippen molar-refractivity contribution in [2.45, 2.75) is 51.4 Å². The molecule has 4 rings (SSSR count). The first kappa shape index (κ1) is 19.3. The van der Waals surface area contributed by atoms with Gasteiger partial charge < -0.3 is 10.0 Å². The van der Waals surface area contributed by atoms with Gasteiger partial charge >= 0.3 is 0 Å². The number of unbranched alkanes of at least 4 members (excludes halogenated alkanes) is 3. The van der Waals surface area contributed by atoms with E-state index in [4.69, 9.17) is 0 Å². The second kappa shape index (κ2) is 9.42. The molecule has 2 aromatic carbocycles. The van der Waals surface area contributed by atoms with Crippen molar-refractivity contribution < 1.29 is 5.11 Å². The molecular formula is C24H30N2OS. The van der Waals surface area contributed by atoms with Gasteiger partial charge in [0.15, 0.2) is 5.13 Å². The van der Waals surface area contributed by atoms with Crippen LogP contribution in [0, 0.1) is 5.92 Å². The molecule has 0 atom stereocenters. The van der Waals surface area contributed by atoms with Gasteiger partial charge in [0.25, 0.3) is 0 Å². The number of rotatable bonds is 8. The van der Waals surface area contributed by atoms with Gasteiger partial charge in [0.1, 0.15) is 11.3 Å². The largest absolute Gasteiger partial charge is 0.506 e. The van der Waals surface area contributed by atoms with Gasteiger partial charge in [-0.25, -0.2) is 4.98 Å². The number of nitrogens with zero attached hydrogens (tertiary/aromatic N) is 2. The quantitative estimate of drug-likeness (QED) is 0.448. The summed E-state index contributed by atoms with van der Waals surface area (Å²) < 4.78 is 1.08. The molecule has 0 unspecified atom stereocenters. The van der Waals surface area contributed by atoms with Crippen molar-refractivity contribution in [3.8, 4) is 5.75 Å². The van der Waals surface area contributed by atoms with E-state index in [0.717, 1.165) is 34.4 Å². The molecular weight excluding hydrogens is 364 g/mol. The molecule has 0 bridgehead atoms. The van der Waals surface area contributed by atoms with Crippen LogP contribution in [0.15, 0.2) is 48.5 Å². The Hall–Kier alpha value is -2.07. The number of aromatic hydroxyl groups is 1. The second-order valence-electron chi connectivity index (χ2n) is 7.99. The lowest BCUT2D eigenvalue weighted by Gasteiger charge is -2.31. The normalized spacial score (nSPS) is 15.4. The Morgan fingerprint density at radius 1 is 0.929 bits per heavy atom. The first-order chi connectivity index (χ1) is 13.8.